The Kier molecular flexibility index (Phi) is 6.44. The molecule has 0 unspecified atom stereocenters. The lowest BCUT2D eigenvalue weighted by atomic mass is 9.99. The smallest absolute Gasteiger partial charge is 0.355 e. The monoisotopic (exact) mass is 410 g/mol. The summed E-state index contributed by atoms with van der Waals surface area (Å²) >= 11 is 0. The van der Waals surface area contributed by atoms with Gasteiger partial charge in [-0.2, -0.15) is 0 Å². The molecule has 0 radical (unpaired) electrons. The summed E-state index contributed by atoms with van der Waals surface area (Å²) in [6.07, 6.45) is 1.80. The fraction of sp³-hybridized carbons (Fsp3) is 0.458. The zero-order chi connectivity index (χ0) is 22.0. The van der Waals surface area contributed by atoms with Crippen molar-refractivity contribution in [1.29, 1.82) is 0 Å². The normalized spacial score (nSPS) is 14.3. The van der Waals surface area contributed by atoms with Gasteiger partial charge in [0.25, 0.3) is 5.91 Å². The van der Waals surface area contributed by atoms with Crippen LogP contribution in [0.2, 0.25) is 0 Å². The number of rotatable bonds is 8. The number of esters is 1. The van der Waals surface area contributed by atoms with Crippen molar-refractivity contribution in [3.8, 4) is 0 Å². The van der Waals surface area contributed by atoms with Crippen molar-refractivity contribution in [1.82, 2.24) is 9.47 Å². The van der Waals surface area contributed by atoms with Crippen LogP contribution in [0.1, 0.15) is 76.1 Å². The Morgan fingerprint density at radius 1 is 1.13 bits per heavy atom. The minimum absolute atomic E-state index is 0.0788. The highest BCUT2D eigenvalue weighted by Crippen LogP contribution is 2.33. The summed E-state index contributed by atoms with van der Waals surface area (Å²) in [7, 11) is 0. The summed E-state index contributed by atoms with van der Waals surface area (Å²) in [6.45, 7) is 9.93. The maximum atomic E-state index is 13.6. The van der Waals surface area contributed by atoms with Crippen LogP contribution in [0.25, 0.3) is 0 Å². The third-order valence-corrected chi connectivity index (χ3v) is 5.79. The molecule has 0 aliphatic heterocycles. The van der Waals surface area contributed by atoms with Crippen LogP contribution in [0, 0.1) is 13.8 Å². The maximum absolute atomic E-state index is 13.6. The van der Waals surface area contributed by atoms with Crippen molar-refractivity contribution in [3.05, 3.63) is 58.4 Å². The van der Waals surface area contributed by atoms with Crippen LogP contribution in [0.15, 0.2) is 30.3 Å². The van der Waals surface area contributed by atoms with E-state index in [1.54, 1.807) is 37.8 Å². The number of amides is 1. The van der Waals surface area contributed by atoms with Crippen molar-refractivity contribution in [2.45, 2.75) is 66.1 Å². The third kappa shape index (κ3) is 3.91. The van der Waals surface area contributed by atoms with Gasteiger partial charge < -0.3 is 14.2 Å². The molecule has 0 saturated heterocycles. The average Bonchev–Trinajstić information content (AvgIpc) is 3.53. The Morgan fingerprint density at radius 3 is 2.30 bits per heavy atom. The standard InChI is InChI=1S/C24H30N2O4/c1-6-25-16(4)20(15(3)21(25)24(29)30-7-2)22(27)17(5)26(19-13-14-19)23(28)18-11-9-8-10-12-18/h8-12,17,19H,6-7,13-14H2,1-5H3/t17-/m1/s1. The van der Waals surface area contributed by atoms with E-state index in [4.69, 9.17) is 4.74 Å². The molecule has 1 aromatic heterocycles. The number of aromatic nitrogens is 1. The molecule has 0 spiro atoms. The zero-order valence-electron chi connectivity index (χ0n) is 18.4. The van der Waals surface area contributed by atoms with Gasteiger partial charge in [-0.1, -0.05) is 18.2 Å². The molecule has 3 rings (SSSR count). The Balaban J connectivity index is 1.99. The Bertz CT molecular complexity index is 957. The summed E-state index contributed by atoms with van der Waals surface area (Å²) in [5.74, 6) is -0.695. The van der Waals surface area contributed by atoms with Crippen LogP contribution in [-0.4, -0.2) is 45.8 Å². The van der Waals surface area contributed by atoms with Crippen LogP contribution < -0.4 is 0 Å². The quantitative estimate of drug-likeness (QED) is 0.484. The van der Waals surface area contributed by atoms with E-state index >= 15 is 0 Å². The van der Waals surface area contributed by atoms with Gasteiger partial charge in [0.15, 0.2) is 5.78 Å². The number of benzene rings is 1. The number of ketones is 1. The first-order valence-electron chi connectivity index (χ1n) is 10.6. The molecule has 6 nitrogen and oxygen atoms in total. The number of hydrogen-bond donors (Lipinski definition) is 0. The first kappa shape index (κ1) is 21.8. The summed E-state index contributed by atoms with van der Waals surface area (Å²) in [6, 6.07) is 8.53. The second-order valence-electron chi connectivity index (χ2n) is 7.75. The Morgan fingerprint density at radius 2 is 1.77 bits per heavy atom. The van der Waals surface area contributed by atoms with E-state index in [1.807, 2.05) is 36.6 Å². The van der Waals surface area contributed by atoms with E-state index in [0.717, 1.165) is 18.5 Å². The van der Waals surface area contributed by atoms with E-state index in [-0.39, 0.29) is 24.3 Å². The van der Waals surface area contributed by atoms with E-state index in [2.05, 4.69) is 0 Å². The molecule has 6 heteroatoms. The van der Waals surface area contributed by atoms with Crippen LogP contribution in [0.3, 0.4) is 0 Å². The van der Waals surface area contributed by atoms with Gasteiger partial charge in [0.1, 0.15) is 5.69 Å². The third-order valence-electron chi connectivity index (χ3n) is 5.79. The van der Waals surface area contributed by atoms with Gasteiger partial charge in [-0.15, -0.1) is 0 Å². The van der Waals surface area contributed by atoms with Crippen LogP contribution >= 0.6 is 0 Å². The Labute approximate surface area is 177 Å². The highest BCUT2D eigenvalue weighted by atomic mass is 16.5. The summed E-state index contributed by atoms with van der Waals surface area (Å²) in [4.78, 5) is 41.0. The molecular weight excluding hydrogens is 380 g/mol. The van der Waals surface area contributed by atoms with Crippen molar-refractivity contribution in [2.24, 2.45) is 0 Å². The highest BCUT2D eigenvalue weighted by Gasteiger charge is 2.40. The van der Waals surface area contributed by atoms with Crippen LogP contribution in [-0.2, 0) is 11.3 Å². The lowest BCUT2D eigenvalue weighted by Gasteiger charge is -2.29. The molecular formula is C24H30N2O4. The maximum Gasteiger partial charge on any atom is 0.355 e. The largest absolute Gasteiger partial charge is 0.461 e. The first-order chi connectivity index (χ1) is 14.3. The topological polar surface area (TPSA) is 68.6 Å². The summed E-state index contributed by atoms with van der Waals surface area (Å²) < 4.78 is 7.04. The predicted molar refractivity (Wildman–Crippen MR) is 115 cm³/mol. The molecule has 1 heterocycles. The highest BCUT2D eigenvalue weighted by molar-refractivity contribution is 6.07. The Hall–Kier alpha value is -2.89. The van der Waals surface area contributed by atoms with E-state index < -0.39 is 12.0 Å². The van der Waals surface area contributed by atoms with Crippen molar-refractivity contribution >= 4 is 17.7 Å². The van der Waals surface area contributed by atoms with E-state index in [1.165, 1.54) is 0 Å². The van der Waals surface area contributed by atoms with E-state index in [0.29, 0.717) is 28.9 Å². The summed E-state index contributed by atoms with van der Waals surface area (Å²) in [5, 5.41) is 0. The van der Waals surface area contributed by atoms with Gasteiger partial charge >= 0.3 is 5.97 Å². The molecule has 160 valence electrons. The number of carbonyl (C=O) groups excluding carboxylic acids is 3. The molecule has 1 aromatic carbocycles. The van der Waals surface area contributed by atoms with Crippen LogP contribution in [0.4, 0.5) is 0 Å². The van der Waals surface area contributed by atoms with Crippen LogP contribution in [0.5, 0.6) is 0 Å². The number of ether oxygens (including phenoxy) is 1. The summed E-state index contributed by atoms with van der Waals surface area (Å²) in [5.41, 5.74) is 2.86. The molecule has 1 atom stereocenters. The van der Waals surface area contributed by atoms with Gasteiger partial charge in [-0.25, -0.2) is 4.79 Å². The van der Waals surface area contributed by atoms with E-state index in [9.17, 15) is 14.4 Å². The molecule has 1 saturated carbocycles. The molecule has 0 bridgehead atoms. The second-order valence-corrected chi connectivity index (χ2v) is 7.75. The molecule has 1 fully saturated rings. The molecule has 0 N–H and O–H groups in total. The number of Topliss-reactive ketones (excluding diaryl/α,β-unsaturated/α-hetero) is 1. The van der Waals surface area contributed by atoms with Gasteiger partial charge in [0.2, 0.25) is 0 Å². The zero-order valence-corrected chi connectivity index (χ0v) is 18.4. The first-order valence-corrected chi connectivity index (χ1v) is 10.6. The molecule has 1 amide bonds. The number of carbonyl (C=O) groups is 3. The van der Waals surface area contributed by atoms with Gasteiger partial charge in [-0.05, 0) is 65.2 Å². The molecule has 30 heavy (non-hydrogen) atoms. The minimum Gasteiger partial charge on any atom is -0.461 e. The van der Waals surface area contributed by atoms with Crippen molar-refractivity contribution < 1.29 is 19.1 Å². The van der Waals surface area contributed by atoms with Crippen molar-refractivity contribution in [2.75, 3.05) is 6.61 Å². The lowest BCUT2D eigenvalue weighted by Crippen LogP contribution is -2.45. The molecule has 1 aliphatic carbocycles. The fourth-order valence-electron chi connectivity index (χ4n) is 4.19. The number of hydrogen-bond acceptors (Lipinski definition) is 4. The average molecular weight is 411 g/mol. The van der Waals surface area contributed by atoms with Gasteiger partial charge in [0.05, 0.1) is 12.6 Å². The van der Waals surface area contributed by atoms with Gasteiger partial charge in [-0.3, -0.25) is 9.59 Å². The number of nitrogens with zero attached hydrogens (tertiary/aromatic N) is 2. The molecule has 1 aliphatic rings. The minimum atomic E-state index is -0.620. The second kappa shape index (κ2) is 8.86. The lowest BCUT2D eigenvalue weighted by molar-refractivity contribution is 0.0512. The van der Waals surface area contributed by atoms with Crippen molar-refractivity contribution in [3.63, 3.8) is 0 Å². The SMILES string of the molecule is CCOC(=O)c1c(C)c(C(=O)[C@@H](C)N(C(=O)c2ccccc2)C2CC2)c(C)n1CC. The molecule has 2 aromatic rings. The predicted octanol–water partition coefficient (Wildman–Crippen LogP) is 4.18. The van der Waals surface area contributed by atoms with Gasteiger partial charge in [0, 0.05) is 29.4 Å². The fourth-order valence-corrected chi connectivity index (χ4v) is 4.19.